The van der Waals surface area contributed by atoms with Gasteiger partial charge >= 0.3 is 0 Å². The van der Waals surface area contributed by atoms with Gasteiger partial charge in [-0.1, -0.05) is 46.3 Å². The number of nitrogens with one attached hydrogen (secondary N) is 1. The lowest BCUT2D eigenvalue weighted by Gasteiger charge is -2.38. The van der Waals surface area contributed by atoms with Gasteiger partial charge in [0, 0.05) is 16.1 Å². The molecule has 0 bridgehead atoms. The van der Waals surface area contributed by atoms with Crippen LogP contribution in [0, 0.1) is 5.92 Å². The average molecular weight is 360 g/mol. The molecule has 2 aromatic rings. The Kier molecular flexibility index (Phi) is 3.48. The molecule has 4 rings (SSSR count). The van der Waals surface area contributed by atoms with Gasteiger partial charge in [0.1, 0.15) is 0 Å². The molecule has 0 radical (unpaired) electrons. The Morgan fingerprint density at radius 3 is 2.59 bits per heavy atom. The van der Waals surface area contributed by atoms with Crippen LogP contribution in [0.1, 0.15) is 29.5 Å². The van der Waals surface area contributed by atoms with Crippen molar-refractivity contribution in [2.24, 2.45) is 5.92 Å². The van der Waals surface area contributed by atoms with E-state index in [1.165, 1.54) is 5.56 Å². The molecule has 5 atom stereocenters. The summed E-state index contributed by atoms with van der Waals surface area (Å²) in [5.41, 5.74) is 3.34. The van der Waals surface area contributed by atoms with Gasteiger partial charge in [0.05, 0.1) is 18.2 Å². The minimum absolute atomic E-state index is 0.0334. The predicted octanol–water partition coefficient (Wildman–Crippen LogP) is 3.44. The molecule has 0 aromatic heterocycles. The maximum atomic E-state index is 10.5. The van der Waals surface area contributed by atoms with Crippen LogP contribution in [-0.2, 0) is 0 Å². The number of hydrogen-bond acceptors (Lipinski definition) is 3. The molecule has 0 saturated heterocycles. The van der Waals surface area contributed by atoms with Crippen LogP contribution in [-0.4, -0.2) is 22.4 Å². The van der Waals surface area contributed by atoms with Crippen LogP contribution in [0.25, 0.3) is 0 Å². The van der Waals surface area contributed by atoms with Gasteiger partial charge in [-0.15, -0.1) is 0 Å². The van der Waals surface area contributed by atoms with Crippen LogP contribution in [0.15, 0.2) is 53.0 Å². The minimum atomic E-state index is -0.702. The molecule has 0 spiro atoms. The van der Waals surface area contributed by atoms with Gasteiger partial charge in [-0.2, -0.15) is 0 Å². The van der Waals surface area contributed by atoms with E-state index in [2.05, 4.69) is 39.4 Å². The van der Waals surface area contributed by atoms with E-state index >= 15 is 0 Å². The Balaban J connectivity index is 1.83. The van der Waals surface area contributed by atoms with E-state index in [0.717, 1.165) is 15.7 Å². The fraction of sp³-hybridized carbons (Fsp3) is 0.333. The third-order valence-electron chi connectivity index (χ3n) is 5.01. The fourth-order valence-electron chi connectivity index (χ4n) is 4.02. The number of halogens is 1. The van der Waals surface area contributed by atoms with Gasteiger partial charge in [-0.25, -0.2) is 0 Å². The second-order valence-corrected chi connectivity index (χ2v) is 7.16. The fourth-order valence-corrected chi connectivity index (χ4v) is 4.40. The zero-order valence-electron chi connectivity index (χ0n) is 12.0. The number of rotatable bonds is 1. The molecular formula is C18H18BrNO2. The molecule has 4 heteroatoms. The van der Waals surface area contributed by atoms with Gasteiger partial charge in [-0.05, 0) is 41.7 Å². The van der Waals surface area contributed by atoms with Crippen molar-refractivity contribution in [2.45, 2.75) is 30.6 Å². The van der Waals surface area contributed by atoms with Crippen molar-refractivity contribution in [3.8, 4) is 0 Å². The quantitative estimate of drug-likeness (QED) is 0.730. The highest BCUT2D eigenvalue weighted by atomic mass is 79.9. The topological polar surface area (TPSA) is 52.5 Å². The second-order valence-electron chi connectivity index (χ2n) is 6.25. The molecule has 0 amide bonds. The maximum absolute atomic E-state index is 10.5. The molecule has 1 heterocycles. The number of anilines is 1. The summed E-state index contributed by atoms with van der Waals surface area (Å²) in [6.45, 7) is 0. The number of aliphatic hydroxyl groups is 2. The van der Waals surface area contributed by atoms with Gasteiger partial charge in [0.25, 0.3) is 0 Å². The van der Waals surface area contributed by atoms with Gasteiger partial charge in [-0.3, -0.25) is 0 Å². The van der Waals surface area contributed by atoms with Crippen LogP contribution < -0.4 is 5.32 Å². The molecule has 3 nitrogen and oxygen atoms in total. The Morgan fingerprint density at radius 1 is 1.05 bits per heavy atom. The van der Waals surface area contributed by atoms with Gasteiger partial charge < -0.3 is 15.5 Å². The van der Waals surface area contributed by atoms with E-state index in [1.54, 1.807) is 0 Å². The van der Waals surface area contributed by atoms with E-state index in [0.29, 0.717) is 6.42 Å². The van der Waals surface area contributed by atoms with Crippen molar-refractivity contribution >= 4 is 21.6 Å². The first-order chi connectivity index (χ1) is 10.6. The van der Waals surface area contributed by atoms with Crippen molar-refractivity contribution in [2.75, 3.05) is 5.32 Å². The first kappa shape index (κ1) is 14.2. The number of aliphatic hydroxyl groups excluding tert-OH is 2. The Labute approximate surface area is 138 Å². The summed E-state index contributed by atoms with van der Waals surface area (Å²) in [5, 5.41) is 24.3. The number of hydrogen-bond donors (Lipinski definition) is 3. The Hall–Kier alpha value is -1.36. The highest BCUT2D eigenvalue weighted by Gasteiger charge is 2.49. The SMILES string of the molecule is O[C@@H]1[C@@H]2c3cc(Br)ccc3N[C@H](c3ccccc3)[C@@H]2C[C@@H]1O. The molecule has 22 heavy (non-hydrogen) atoms. The van der Waals surface area contributed by atoms with Crippen LogP contribution >= 0.6 is 15.9 Å². The second kappa shape index (κ2) is 5.37. The normalized spacial score (nSPS) is 33.0. The smallest absolute Gasteiger partial charge is 0.0871 e. The summed E-state index contributed by atoms with van der Waals surface area (Å²) >= 11 is 3.51. The molecule has 1 saturated carbocycles. The molecule has 1 fully saturated rings. The summed E-state index contributed by atoms with van der Waals surface area (Å²) < 4.78 is 0.999. The van der Waals surface area contributed by atoms with Crippen LogP contribution in [0.3, 0.4) is 0 Å². The molecule has 2 aromatic carbocycles. The van der Waals surface area contributed by atoms with Gasteiger partial charge in [0.15, 0.2) is 0 Å². The summed E-state index contributed by atoms with van der Waals surface area (Å²) in [7, 11) is 0. The monoisotopic (exact) mass is 359 g/mol. The molecule has 1 aliphatic heterocycles. The van der Waals surface area contributed by atoms with Crippen LogP contribution in [0.5, 0.6) is 0 Å². The first-order valence-electron chi connectivity index (χ1n) is 7.62. The molecule has 0 unspecified atom stereocenters. The van der Waals surface area contributed by atoms with Crippen molar-refractivity contribution in [1.82, 2.24) is 0 Å². The zero-order chi connectivity index (χ0) is 15.3. The standard InChI is InChI=1S/C18H18BrNO2/c19-11-6-7-14-12(8-11)16-13(9-15(21)18(16)22)17(20-14)10-4-2-1-3-5-10/h1-8,13,15-18,20-22H,9H2/t13-,15+,16-,17-,18+/m1/s1. The summed E-state index contributed by atoms with van der Waals surface area (Å²) in [6.07, 6.45) is -0.746. The zero-order valence-corrected chi connectivity index (χ0v) is 13.6. The predicted molar refractivity (Wildman–Crippen MR) is 89.8 cm³/mol. The Morgan fingerprint density at radius 2 is 1.82 bits per heavy atom. The lowest BCUT2D eigenvalue weighted by Crippen LogP contribution is -2.32. The van der Waals surface area contributed by atoms with Crippen molar-refractivity contribution in [3.63, 3.8) is 0 Å². The highest BCUT2D eigenvalue weighted by Crippen LogP contribution is 2.53. The third-order valence-corrected chi connectivity index (χ3v) is 5.50. The van der Waals surface area contributed by atoms with E-state index in [-0.39, 0.29) is 17.9 Å². The summed E-state index contributed by atoms with van der Waals surface area (Å²) in [5.74, 6) is 0.156. The van der Waals surface area contributed by atoms with Crippen molar-refractivity contribution in [1.29, 1.82) is 0 Å². The molecule has 2 aliphatic rings. The van der Waals surface area contributed by atoms with E-state index < -0.39 is 12.2 Å². The average Bonchev–Trinajstić information content (AvgIpc) is 2.83. The highest BCUT2D eigenvalue weighted by molar-refractivity contribution is 9.10. The molecular weight excluding hydrogens is 342 g/mol. The maximum Gasteiger partial charge on any atom is 0.0871 e. The van der Waals surface area contributed by atoms with E-state index in [9.17, 15) is 10.2 Å². The summed E-state index contributed by atoms with van der Waals surface area (Å²) in [6, 6.07) is 16.5. The molecule has 1 aliphatic carbocycles. The minimum Gasteiger partial charge on any atom is -0.390 e. The van der Waals surface area contributed by atoms with Crippen LogP contribution in [0.4, 0.5) is 5.69 Å². The van der Waals surface area contributed by atoms with Crippen molar-refractivity contribution in [3.05, 3.63) is 64.1 Å². The van der Waals surface area contributed by atoms with Gasteiger partial charge in [0.2, 0.25) is 0 Å². The molecule has 3 N–H and O–H groups in total. The molecule has 114 valence electrons. The largest absolute Gasteiger partial charge is 0.390 e. The third kappa shape index (κ3) is 2.18. The Bertz CT molecular complexity index is 691. The van der Waals surface area contributed by atoms with Crippen LogP contribution in [0.2, 0.25) is 0 Å². The van der Waals surface area contributed by atoms with Crippen molar-refractivity contribution < 1.29 is 10.2 Å². The van der Waals surface area contributed by atoms with E-state index in [4.69, 9.17) is 0 Å². The number of fused-ring (bicyclic) bond motifs is 3. The first-order valence-corrected chi connectivity index (χ1v) is 8.41. The summed E-state index contributed by atoms with van der Waals surface area (Å²) in [4.78, 5) is 0. The lowest BCUT2D eigenvalue weighted by atomic mass is 9.76. The lowest BCUT2D eigenvalue weighted by molar-refractivity contribution is 0.0348. The number of benzene rings is 2. The van der Waals surface area contributed by atoms with E-state index in [1.807, 2.05) is 30.3 Å².